The Morgan fingerprint density at radius 2 is 1.94 bits per heavy atom. The summed E-state index contributed by atoms with van der Waals surface area (Å²) in [6.07, 6.45) is 0.624. The maximum atomic E-state index is 11.4. The highest BCUT2D eigenvalue weighted by Gasteiger charge is 2.11. The van der Waals surface area contributed by atoms with E-state index in [1.807, 2.05) is 6.07 Å². The van der Waals surface area contributed by atoms with Crippen LogP contribution < -0.4 is 0 Å². The maximum absolute atomic E-state index is 11.4. The third-order valence-electron chi connectivity index (χ3n) is 2.63. The largest absolute Gasteiger partial charge is 0.478 e. The first kappa shape index (κ1) is 14.2. The minimum absolute atomic E-state index is 0.0330. The summed E-state index contributed by atoms with van der Waals surface area (Å²) in [6, 6.07) is 6.77. The van der Waals surface area contributed by atoms with Crippen LogP contribution in [0.3, 0.4) is 0 Å². The van der Waals surface area contributed by atoms with E-state index in [2.05, 4.69) is 0 Å². The molecule has 0 unspecified atom stereocenters. The zero-order valence-electron chi connectivity index (χ0n) is 10.9. The molecular weight excluding hydrogens is 232 g/mol. The van der Waals surface area contributed by atoms with Crippen LogP contribution >= 0.6 is 0 Å². The molecule has 1 aromatic rings. The van der Waals surface area contributed by atoms with Crippen molar-refractivity contribution in [1.29, 1.82) is 0 Å². The number of hydrogen-bond donors (Lipinski definition) is 1. The molecule has 0 saturated carbocycles. The van der Waals surface area contributed by atoms with Crippen molar-refractivity contribution < 1.29 is 14.7 Å². The van der Waals surface area contributed by atoms with Crippen LogP contribution in [0.4, 0.5) is 0 Å². The average molecular weight is 250 g/mol. The topological polar surface area (TPSA) is 60.9 Å². The lowest BCUT2D eigenvalue weighted by atomic mass is 10.1. The number of hydrazine groups is 1. The Bertz CT molecular complexity index is 444. The van der Waals surface area contributed by atoms with Gasteiger partial charge < -0.3 is 5.11 Å². The molecule has 0 saturated heterocycles. The number of rotatable bonds is 5. The predicted molar refractivity (Wildman–Crippen MR) is 68.2 cm³/mol. The van der Waals surface area contributed by atoms with Crippen molar-refractivity contribution >= 4 is 11.9 Å². The first-order chi connectivity index (χ1) is 8.41. The standard InChI is InChI=1S/C13H18N2O3/c1-10(16)15(14(2)3)8-7-11-5-4-6-12(9-11)13(17)18/h4-6,9H,7-8H2,1-3H3,(H,17,18). The number of benzene rings is 1. The Morgan fingerprint density at radius 3 is 2.44 bits per heavy atom. The zero-order chi connectivity index (χ0) is 13.7. The van der Waals surface area contributed by atoms with Crippen LogP contribution in [0.1, 0.15) is 22.8 Å². The second-order valence-corrected chi connectivity index (χ2v) is 4.24. The Morgan fingerprint density at radius 1 is 1.28 bits per heavy atom. The monoisotopic (exact) mass is 250 g/mol. The van der Waals surface area contributed by atoms with Crippen LogP contribution in [-0.4, -0.2) is 47.6 Å². The highest BCUT2D eigenvalue weighted by atomic mass is 16.4. The normalized spacial score (nSPS) is 10.4. The van der Waals surface area contributed by atoms with Gasteiger partial charge in [-0.15, -0.1) is 0 Å². The fourth-order valence-corrected chi connectivity index (χ4v) is 1.73. The fraction of sp³-hybridized carbons (Fsp3) is 0.385. The smallest absolute Gasteiger partial charge is 0.335 e. The van der Waals surface area contributed by atoms with Crippen LogP contribution in [0, 0.1) is 0 Å². The predicted octanol–water partition coefficient (Wildman–Crippen LogP) is 1.25. The van der Waals surface area contributed by atoms with Crippen molar-refractivity contribution in [3.8, 4) is 0 Å². The molecule has 1 rings (SSSR count). The lowest BCUT2D eigenvalue weighted by Gasteiger charge is -2.27. The lowest BCUT2D eigenvalue weighted by Crippen LogP contribution is -2.41. The summed E-state index contributed by atoms with van der Waals surface area (Å²) in [7, 11) is 3.60. The van der Waals surface area contributed by atoms with Gasteiger partial charge in [-0.3, -0.25) is 9.80 Å². The molecule has 0 aliphatic carbocycles. The van der Waals surface area contributed by atoms with Gasteiger partial charge in [-0.05, 0) is 24.1 Å². The minimum atomic E-state index is -0.937. The van der Waals surface area contributed by atoms with Gasteiger partial charge >= 0.3 is 5.97 Å². The molecule has 0 spiro atoms. The van der Waals surface area contributed by atoms with Crippen LogP contribution in [-0.2, 0) is 11.2 Å². The number of aromatic carboxylic acids is 1. The molecule has 0 heterocycles. The molecule has 0 radical (unpaired) electrons. The molecule has 0 aromatic heterocycles. The summed E-state index contributed by atoms with van der Waals surface area (Å²) < 4.78 is 0. The van der Waals surface area contributed by atoms with E-state index >= 15 is 0 Å². The summed E-state index contributed by atoms with van der Waals surface area (Å²) in [5.41, 5.74) is 1.18. The SMILES string of the molecule is CC(=O)N(CCc1cccc(C(=O)O)c1)N(C)C. The van der Waals surface area contributed by atoms with E-state index in [0.717, 1.165) is 5.56 Å². The van der Waals surface area contributed by atoms with E-state index in [1.165, 1.54) is 6.92 Å². The number of carboxylic acid groups (broad SMARTS) is 1. The summed E-state index contributed by atoms with van der Waals surface area (Å²) in [5, 5.41) is 12.2. The van der Waals surface area contributed by atoms with Gasteiger partial charge in [0, 0.05) is 27.6 Å². The summed E-state index contributed by atoms with van der Waals surface area (Å²) in [4.78, 5) is 22.2. The third kappa shape index (κ3) is 3.85. The van der Waals surface area contributed by atoms with E-state index < -0.39 is 5.97 Å². The van der Waals surface area contributed by atoms with Crippen molar-refractivity contribution in [2.45, 2.75) is 13.3 Å². The molecule has 1 aromatic carbocycles. The number of nitrogens with zero attached hydrogens (tertiary/aromatic N) is 2. The van der Waals surface area contributed by atoms with E-state index in [4.69, 9.17) is 5.11 Å². The lowest BCUT2D eigenvalue weighted by molar-refractivity contribution is -0.142. The Hall–Kier alpha value is -1.88. The summed E-state index contributed by atoms with van der Waals surface area (Å²) >= 11 is 0. The van der Waals surface area contributed by atoms with Crippen LogP contribution in [0.5, 0.6) is 0 Å². The molecule has 5 heteroatoms. The van der Waals surface area contributed by atoms with Gasteiger partial charge in [0.05, 0.1) is 5.56 Å². The molecule has 5 nitrogen and oxygen atoms in total. The molecule has 18 heavy (non-hydrogen) atoms. The van der Waals surface area contributed by atoms with Crippen molar-refractivity contribution in [2.75, 3.05) is 20.6 Å². The minimum Gasteiger partial charge on any atom is -0.478 e. The maximum Gasteiger partial charge on any atom is 0.335 e. The van der Waals surface area contributed by atoms with Gasteiger partial charge in [-0.1, -0.05) is 12.1 Å². The van der Waals surface area contributed by atoms with E-state index in [0.29, 0.717) is 13.0 Å². The molecule has 0 aliphatic heterocycles. The Kier molecular flexibility index (Phi) is 4.85. The van der Waals surface area contributed by atoms with Crippen molar-refractivity contribution in [1.82, 2.24) is 10.0 Å². The van der Waals surface area contributed by atoms with Crippen molar-refractivity contribution in [3.05, 3.63) is 35.4 Å². The number of carbonyl (C=O) groups is 2. The Labute approximate surface area is 107 Å². The van der Waals surface area contributed by atoms with E-state index in [1.54, 1.807) is 42.3 Å². The number of amides is 1. The van der Waals surface area contributed by atoms with Crippen molar-refractivity contribution in [3.63, 3.8) is 0 Å². The van der Waals surface area contributed by atoms with Crippen molar-refractivity contribution in [2.24, 2.45) is 0 Å². The third-order valence-corrected chi connectivity index (χ3v) is 2.63. The van der Waals surface area contributed by atoms with E-state index in [9.17, 15) is 9.59 Å². The van der Waals surface area contributed by atoms with Gasteiger partial charge in [0.1, 0.15) is 0 Å². The molecule has 0 aliphatic rings. The van der Waals surface area contributed by atoms with Gasteiger partial charge in [0.2, 0.25) is 5.91 Å². The van der Waals surface area contributed by atoms with Crippen LogP contribution in [0.2, 0.25) is 0 Å². The number of carbonyl (C=O) groups excluding carboxylic acids is 1. The van der Waals surface area contributed by atoms with Crippen LogP contribution in [0.15, 0.2) is 24.3 Å². The number of carboxylic acids is 1. The molecule has 0 bridgehead atoms. The molecular formula is C13H18N2O3. The molecule has 0 fully saturated rings. The summed E-state index contributed by atoms with van der Waals surface area (Å²) in [6.45, 7) is 2.04. The van der Waals surface area contributed by atoms with Gasteiger partial charge in [0.15, 0.2) is 0 Å². The van der Waals surface area contributed by atoms with Gasteiger partial charge in [-0.25, -0.2) is 9.80 Å². The van der Waals surface area contributed by atoms with E-state index in [-0.39, 0.29) is 11.5 Å². The second kappa shape index (κ2) is 6.16. The van der Waals surface area contributed by atoms with Crippen LogP contribution in [0.25, 0.3) is 0 Å². The second-order valence-electron chi connectivity index (χ2n) is 4.24. The molecule has 1 amide bonds. The highest BCUT2D eigenvalue weighted by Crippen LogP contribution is 2.07. The summed E-state index contributed by atoms with van der Waals surface area (Å²) in [5.74, 6) is -0.970. The van der Waals surface area contributed by atoms with Gasteiger partial charge in [0.25, 0.3) is 0 Å². The highest BCUT2D eigenvalue weighted by molar-refractivity contribution is 5.87. The van der Waals surface area contributed by atoms with Gasteiger partial charge in [-0.2, -0.15) is 0 Å². The first-order valence-corrected chi connectivity index (χ1v) is 5.69. The fourth-order valence-electron chi connectivity index (χ4n) is 1.73. The molecule has 1 N–H and O–H groups in total. The zero-order valence-corrected chi connectivity index (χ0v) is 10.9. The number of hydrogen-bond acceptors (Lipinski definition) is 3. The molecule has 0 atom stereocenters. The molecule has 98 valence electrons. The first-order valence-electron chi connectivity index (χ1n) is 5.69. The average Bonchev–Trinajstić information content (AvgIpc) is 2.28. The quantitative estimate of drug-likeness (QED) is 0.799. The Balaban J connectivity index is 2.70.